The second-order valence-corrected chi connectivity index (χ2v) is 11.0. The van der Waals surface area contributed by atoms with Crippen molar-refractivity contribution < 1.29 is 34.4 Å². The van der Waals surface area contributed by atoms with Crippen molar-refractivity contribution in [3.8, 4) is 34.8 Å². The number of ether oxygens (including phenoxy) is 2. The predicted octanol–water partition coefficient (Wildman–Crippen LogP) is 5.66. The topological polar surface area (TPSA) is 129 Å². The Balaban J connectivity index is 1.44. The van der Waals surface area contributed by atoms with E-state index in [1.54, 1.807) is 13.2 Å². The van der Waals surface area contributed by atoms with Gasteiger partial charge in [0.2, 0.25) is 11.8 Å². The number of hydrogen-bond donors (Lipinski definition) is 4. The fraction of sp³-hybridized carbons (Fsp3) is 0.324. The fourth-order valence-corrected chi connectivity index (χ4v) is 5.65. The Hall–Kier alpha value is -5.19. The Morgan fingerprint density at radius 1 is 0.933 bits per heavy atom. The zero-order valence-corrected chi connectivity index (χ0v) is 26.2. The fourth-order valence-electron chi connectivity index (χ4n) is 5.65. The van der Waals surface area contributed by atoms with E-state index in [4.69, 9.17) is 14.3 Å². The van der Waals surface area contributed by atoms with Crippen molar-refractivity contribution in [3.63, 3.8) is 0 Å². The number of phenolic OH excluding ortho intramolecular Hbond substituents is 1. The third-order valence-corrected chi connectivity index (χ3v) is 7.91. The third kappa shape index (κ3) is 6.38. The molecule has 0 spiro atoms. The lowest BCUT2D eigenvalue weighted by molar-refractivity contribution is -0.145. The molecule has 2 heterocycles. The Morgan fingerprint density at radius 3 is 2.27 bits per heavy atom. The van der Waals surface area contributed by atoms with Crippen LogP contribution in [0, 0.1) is 0 Å². The summed E-state index contributed by atoms with van der Waals surface area (Å²) < 4.78 is 13.0. The molecule has 0 amide bonds. The lowest BCUT2D eigenvalue weighted by Gasteiger charge is -2.32. The highest BCUT2D eigenvalue weighted by Crippen LogP contribution is 2.52. The van der Waals surface area contributed by atoms with Crippen LogP contribution in [-0.4, -0.2) is 66.9 Å². The monoisotopic (exact) mass is 616 g/mol. The molecule has 0 bridgehead atoms. The minimum atomic E-state index is -0.607. The van der Waals surface area contributed by atoms with Crippen molar-refractivity contribution in [1.82, 2.24) is 4.73 Å². The van der Waals surface area contributed by atoms with Crippen molar-refractivity contribution in [2.75, 3.05) is 56.0 Å². The Morgan fingerprint density at radius 2 is 1.62 bits per heavy atom. The molecular formula is C34H40N4O7. The number of carbonyl (C=O) groups excluding carboxylic acids is 1. The number of rotatable bonds is 12. The van der Waals surface area contributed by atoms with Crippen LogP contribution in [0.3, 0.4) is 0 Å². The number of aromatic nitrogens is 1. The molecule has 1 unspecified atom stereocenters. The molecule has 0 saturated heterocycles. The van der Waals surface area contributed by atoms with Gasteiger partial charge in [0.15, 0.2) is 0 Å². The maximum Gasteiger partial charge on any atom is 0.333 e. The number of phenols is 1. The molecule has 45 heavy (non-hydrogen) atoms. The maximum atomic E-state index is 12.4. The highest BCUT2D eigenvalue weighted by molar-refractivity contribution is 5.72. The van der Waals surface area contributed by atoms with E-state index in [0.29, 0.717) is 47.0 Å². The Bertz CT molecular complexity index is 1660. The van der Waals surface area contributed by atoms with E-state index < -0.39 is 5.97 Å². The van der Waals surface area contributed by atoms with E-state index in [9.17, 15) is 20.1 Å². The van der Waals surface area contributed by atoms with Gasteiger partial charge >= 0.3 is 5.97 Å². The molecule has 5 rings (SSSR count). The molecule has 0 radical (unpaired) electrons. The lowest BCUT2D eigenvalue weighted by Crippen LogP contribution is -2.26. The maximum absolute atomic E-state index is 12.4. The quantitative estimate of drug-likeness (QED) is 0.139. The van der Waals surface area contributed by atoms with Gasteiger partial charge in [-0.1, -0.05) is 12.1 Å². The number of nitrogens with zero attached hydrogens (tertiary/aromatic N) is 3. The Labute approximate surface area is 262 Å². The third-order valence-electron chi connectivity index (χ3n) is 7.91. The predicted molar refractivity (Wildman–Crippen MR) is 174 cm³/mol. The number of fused-ring (bicyclic) bond motifs is 2. The molecule has 4 N–H and O–H groups in total. The summed E-state index contributed by atoms with van der Waals surface area (Å²) in [5, 5.41) is 34.4. The second-order valence-electron chi connectivity index (χ2n) is 11.0. The van der Waals surface area contributed by atoms with E-state index in [-0.39, 0.29) is 29.8 Å². The van der Waals surface area contributed by atoms with Crippen LogP contribution in [0.25, 0.3) is 0 Å². The lowest BCUT2D eigenvalue weighted by atomic mass is 9.81. The van der Waals surface area contributed by atoms with E-state index in [1.807, 2.05) is 80.2 Å². The zero-order valence-electron chi connectivity index (χ0n) is 26.2. The standard InChI is InChI=1S/C34H40N4O7/c1-6-35-21-10-12-23-28(17-21)44-29-18-22(36(3)4)11-13-24(29)34(23)25-19-30(43-5)26(20-27(25)39)37(7-2)16-8-9-33(42)45-38-31(40)14-15-32(38)41/h10-15,17-20,34-35,39-41H,6-9,16H2,1-5H3. The van der Waals surface area contributed by atoms with Gasteiger partial charge in [0, 0.05) is 104 Å². The molecule has 0 aliphatic carbocycles. The van der Waals surface area contributed by atoms with Gasteiger partial charge in [0.25, 0.3) is 0 Å². The van der Waals surface area contributed by atoms with Gasteiger partial charge in [0.05, 0.1) is 12.8 Å². The zero-order chi connectivity index (χ0) is 32.2. The van der Waals surface area contributed by atoms with Crippen LogP contribution in [-0.2, 0) is 4.79 Å². The smallest absolute Gasteiger partial charge is 0.333 e. The first-order chi connectivity index (χ1) is 21.6. The number of nitrogens with one attached hydrogen (secondary N) is 1. The Kier molecular flexibility index (Phi) is 9.17. The van der Waals surface area contributed by atoms with Crippen molar-refractivity contribution in [3.05, 3.63) is 77.4 Å². The number of hydrogen-bond acceptors (Lipinski definition) is 10. The molecule has 3 aromatic carbocycles. The molecule has 11 heteroatoms. The summed E-state index contributed by atoms with van der Waals surface area (Å²) in [6.07, 6.45) is 0.462. The molecule has 238 valence electrons. The minimum Gasteiger partial charge on any atom is -0.508 e. The van der Waals surface area contributed by atoms with E-state index in [0.717, 1.165) is 34.8 Å². The van der Waals surface area contributed by atoms with Crippen LogP contribution in [0.2, 0.25) is 0 Å². The number of benzene rings is 3. The summed E-state index contributed by atoms with van der Waals surface area (Å²) >= 11 is 0. The first kappa shape index (κ1) is 31.2. The molecule has 0 saturated carbocycles. The highest BCUT2D eigenvalue weighted by atomic mass is 16.7. The van der Waals surface area contributed by atoms with E-state index in [2.05, 4.69) is 5.32 Å². The summed E-state index contributed by atoms with van der Waals surface area (Å²) in [7, 11) is 5.56. The molecule has 1 aromatic heterocycles. The average Bonchev–Trinajstić information content (AvgIpc) is 3.34. The normalized spacial score (nSPS) is 13.3. The number of anilines is 3. The van der Waals surface area contributed by atoms with E-state index in [1.165, 1.54) is 12.1 Å². The van der Waals surface area contributed by atoms with Crippen LogP contribution in [0.5, 0.6) is 34.8 Å². The van der Waals surface area contributed by atoms with E-state index >= 15 is 0 Å². The van der Waals surface area contributed by atoms with Crippen LogP contribution < -0.4 is 29.4 Å². The summed E-state index contributed by atoms with van der Waals surface area (Å²) in [5.74, 6) is 0.460. The first-order valence-electron chi connectivity index (χ1n) is 15.0. The molecular weight excluding hydrogens is 576 g/mol. The number of carbonyl (C=O) groups is 1. The molecule has 11 nitrogen and oxygen atoms in total. The molecule has 1 aliphatic heterocycles. The largest absolute Gasteiger partial charge is 0.508 e. The summed E-state index contributed by atoms with van der Waals surface area (Å²) in [4.78, 5) is 21.5. The van der Waals surface area contributed by atoms with Crippen molar-refractivity contribution in [1.29, 1.82) is 0 Å². The van der Waals surface area contributed by atoms with Crippen LogP contribution in [0.15, 0.2) is 60.7 Å². The number of aromatic hydroxyl groups is 3. The van der Waals surface area contributed by atoms with Crippen molar-refractivity contribution >= 4 is 23.0 Å². The van der Waals surface area contributed by atoms with Crippen LogP contribution in [0.4, 0.5) is 17.1 Å². The van der Waals surface area contributed by atoms with Gasteiger partial charge in [-0.25, -0.2) is 4.79 Å². The first-order valence-corrected chi connectivity index (χ1v) is 15.0. The minimum absolute atomic E-state index is 0.0411. The second kappa shape index (κ2) is 13.2. The van der Waals surface area contributed by atoms with Gasteiger partial charge in [-0.3, -0.25) is 0 Å². The SMILES string of the molecule is CCNc1ccc2c(c1)Oc1cc(N(C)C)ccc1C2c1cc(OC)c(N(CC)CCCC(=O)On2c(O)ccc2O)cc1O. The van der Waals surface area contributed by atoms with Crippen LogP contribution in [0.1, 0.15) is 49.3 Å². The summed E-state index contributed by atoms with van der Waals surface area (Å²) in [5.41, 5.74) is 5.18. The van der Waals surface area contributed by atoms with Gasteiger partial charge in [-0.15, -0.1) is 4.73 Å². The van der Waals surface area contributed by atoms with Gasteiger partial charge in [-0.2, -0.15) is 0 Å². The van der Waals surface area contributed by atoms with Gasteiger partial charge in [0.1, 0.15) is 23.0 Å². The highest BCUT2D eigenvalue weighted by Gasteiger charge is 2.32. The average molecular weight is 617 g/mol. The van der Waals surface area contributed by atoms with Crippen molar-refractivity contribution in [2.45, 2.75) is 32.6 Å². The molecule has 1 atom stereocenters. The van der Waals surface area contributed by atoms with Gasteiger partial charge in [-0.05, 0) is 38.5 Å². The molecule has 0 fully saturated rings. The van der Waals surface area contributed by atoms with Crippen LogP contribution >= 0.6 is 0 Å². The molecule has 4 aromatic rings. The summed E-state index contributed by atoms with van der Waals surface area (Å²) in [6.45, 7) is 5.85. The van der Waals surface area contributed by atoms with Crippen molar-refractivity contribution in [2.24, 2.45) is 0 Å². The number of methoxy groups -OCH3 is 1. The summed E-state index contributed by atoms with van der Waals surface area (Å²) in [6, 6.07) is 18.2. The van der Waals surface area contributed by atoms with Gasteiger partial charge < -0.3 is 44.7 Å². The molecule has 1 aliphatic rings.